The van der Waals surface area contributed by atoms with Crippen LogP contribution >= 0.6 is 0 Å². The third kappa shape index (κ3) is 9.59. The number of amides is 2. The van der Waals surface area contributed by atoms with Crippen molar-refractivity contribution < 1.29 is 23.8 Å². The largest absolute Gasteiger partial charge is 0.475 e. The predicted molar refractivity (Wildman–Crippen MR) is 188 cm³/mol. The van der Waals surface area contributed by atoms with E-state index in [0.717, 1.165) is 65.9 Å². The van der Waals surface area contributed by atoms with Gasteiger partial charge in [0.25, 0.3) is 11.5 Å². The van der Waals surface area contributed by atoms with E-state index in [1.54, 1.807) is 13.3 Å². The van der Waals surface area contributed by atoms with Crippen molar-refractivity contribution in [3.63, 3.8) is 0 Å². The maximum atomic E-state index is 13.9. The van der Waals surface area contributed by atoms with E-state index in [1.807, 2.05) is 65.8 Å². The average molecular weight is 662 g/mol. The lowest BCUT2D eigenvalue weighted by atomic mass is 9.89. The Kier molecular flexibility index (Phi) is 12.3. The number of hydrogen-bond acceptors (Lipinski definition) is 8. The van der Waals surface area contributed by atoms with Gasteiger partial charge in [0.05, 0.1) is 6.61 Å². The Morgan fingerprint density at radius 2 is 1.75 bits per heavy atom. The summed E-state index contributed by atoms with van der Waals surface area (Å²) >= 11 is 0. The molecule has 2 heterocycles. The molecule has 2 amide bonds. The second kappa shape index (κ2) is 16.1. The molecule has 0 bridgehead atoms. The van der Waals surface area contributed by atoms with E-state index in [0.29, 0.717) is 30.2 Å². The molecular weight excluding hydrogens is 610 g/mol. The number of rotatable bonds is 12. The van der Waals surface area contributed by atoms with Crippen molar-refractivity contribution in [2.24, 2.45) is 0 Å². The van der Waals surface area contributed by atoms with Crippen molar-refractivity contribution in [3.05, 3.63) is 74.8 Å². The minimum absolute atomic E-state index is 0.0488. The predicted octanol–water partition coefficient (Wildman–Crippen LogP) is 5.98. The Hall–Kier alpha value is -4.38. The number of nitrogens with one attached hydrogen (secondary N) is 3. The quantitative estimate of drug-likeness (QED) is 0.202. The summed E-state index contributed by atoms with van der Waals surface area (Å²) in [5.41, 5.74) is 5.43. The number of ether oxygens (including phenoxy) is 3. The van der Waals surface area contributed by atoms with Crippen LogP contribution in [0.3, 0.4) is 0 Å². The van der Waals surface area contributed by atoms with Crippen molar-refractivity contribution >= 4 is 17.7 Å². The van der Waals surface area contributed by atoms with Crippen molar-refractivity contribution in [1.29, 1.82) is 0 Å². The average Bonchev–Trinajstić information content (AvgIpc) is 3.02. The molecule has 0 radical (unpaired) electrons. The number of aromatic nitrogens is 2. The van der Waals surface area contributed by atoms with Crippen LogP contribution in [0.2, 0.25) is 0 Å². The molecule has 1 fully saturated rings. The topological polar surface area (TPSA) is 135 Å². The molecule has 4 rings (SSSR count). The fourth-order valence-corrected chi connectivity index (χ4v) is 6.26. The lowest BCUT2D eigenvalue weighted by molar-refractivity contribution is 0.0491. The molecule has 0 unspecified atom stereocenters. The second-order valence-electron chi connectivity index (χ2n) is 13.5. The molecule has 0 atom stereocenters. The number of aryl methyl sites for hydroxylation is 2. The Morgan fingerprint density at radius 1 is 1.02 bits per heavy atom. The minimum Gasteiger partial charge on any atom is -0.475 e. The molecule has 3 N–H and O–H groups in total. The van der Waals surface area contributed by atoms with E-state index in [9.17, 15) is 14.4 Å². The highest BCUT2D eigenvalue weighted by molar-refractivity contribution is 5.99. The van der Waals surface area contributed by atoms with E-state index in [-0.39, 0.29) is 36.2 Å². The van der Waals surface area contributed by atoms with Crippen molar-refractivity contribution in [3.8, 4) is 17.0 Å². The number of nitrogens with zero attached hydrogens (tertiary/aromatic N) is 2. The maximum absolute atomic E-state index is 13.9. The van der Waals surface area contributed by atoms with Gasteiger partial charge in [-0.3, -0.25) is 9.59 Å². The normalized spacial score (nSPS) is 16.2. The van der Waals surface area contributed by atoms with Crippen LogP contribution in [0.25, 0.3) is 11.1 Å². The zero-order valence-electron chi connectivity index (χ0n) is 29.6. The summed E-state index contributed by atoms with van der Waals surface area (Å²) in [5.74, 6) is 0.232. The van der Waals surface area contributed by atoms with Crippen molar-refractivity contribution in [2.45, 2.75) is 98.4 Å². The van der Waals surface area contributed by atoms with Gasteiger partial charge in [0, 0.05) is 72.6 Å². The monoisotopic (exact) mass is 661 g/mol. The molecule has 48 heavy (non-hydrogen) atoms. The van der Waals surface area contributed by atoms with Gasteiger partial charge in [-0.25, -0.2) is 9.78 Å². The van der Waals surface area contributed by atoms with Crippen molar-refractivity contribution in [1.82, 2.24) is 20.6 Å². The summed E-state index contributed by atoms with van der Waals surface area (Å²) in [5, 5.41) is 6.04. The zero-order chi connectivity index (χ0) is 35.0. The Bertz CT molecular complexity index is 1620. The molecule has 0 saturated heterocycles. The third-order valence-corrected chi connectivity index (χ3v) is 8.66. The summed E-state index contributed by atoms with van der Waals surface area (Å²) < 4.78 is 16.2. The van der Waals surface area contributed by atoms with Gasteiger partial charge >= 0.3 is 6.09 Å². The molecule has 2 aromatic heterocycles. The summed E-state index contributed by atoms with van der Waals surface area (Å²) in [6, 6.07) is 9.93. The lowest BCUT2D eigenvalue weighted by Crippen LogP contribution is -2.45. The Morgan fingerprint density at radius 3 is 2.35 bits per heavy atom. The summed E-state index contributed by atoms with van der Waals surface area (Å²) in [7, 11) is 1.62. The summed E-state index contributed by atoms with van der Waals surface area (Å²) in [6.07, 6.45) is 4.77. The number of H-pyrrole nitrogens is 1. The highest BCUT2D eigenvalue weighted by Crippen LogP contribution is 2.35. The van der Waals surface area contributed by atoms with Gasteiger partial charge in [0.1, 0.15) is 12.2 Å². The van der Waals surface area contributed by atoms with Crippen LogP contribution in [0.4, 0.5) is 10.5 Å². The first kappa shape index (κ1) is 36.5. The molecule has 1 aliphatic carbocycles. The first-order valence-corrected chi connectivity index (χ1v) is 16.8. The van der Waals surface area contributed by atoms with E-state index < -0.39 is 5.60 Å². The van der Waals surface area contributed by atoms with Crippen LogP contribution in [0.5, 0.6) is 5.88 Å². The molecule has 0 aliphatic heterocycles. The molecular formula is C37H51N5O6. The van der Waals surface area contributed by atoms with Gasteiger partial charge < -0.3 is 34.7 Å². The van der Waals surface area contributed by atoms with E-state index in [1.165, 1.54) is 0 Å². The van der Waals surface area contributed by atoms with Gasteiger partial charge in [-0.1, -0.05) is 0 Å². The minimum atomic E-state index is -0.547. The lowest BCUT2D eigenvalue weighted by Gasteiger charge is -2.39. The molecule has 1 aliphatic rings. The third-order valence-electron chi connectivity index (χ3n) is 8.66. The van der Waals surface area contributed by atoms with Crippen LogP contribution in [0, 0.1) is 20.8 Å². The molecule has 11 nitrogen and oxygen atoms in total. The molecule has 3 aromatic rings. The SMILES string of the molecule is CCN(c1cc(-c2ccc(OCCOC)nc2)cc(C(=O)NCc2c(C)cc(C)[nH]c2=O)c1C)[C@H]1CC[C@H](NC(=O)OC(C)(C)C)CC1. The standard InChI is InChI=1S/C37H51N5O6/c1-9-42(29-13-11-28(12-14-29)41-36(45)48-37(5,6)7)32-20-27(26-10-15-33(38-21-26)47-17-16-46-8)19-30(25(32)4)34(43)39-22-31-23(2)18-24(3)40-35(31)44/h10,15,18-21,28-29H,9,11-14,16-17,22H2,1-8H3,(H,39,43)(H,40,44)(H,41,45)/t28-,29-. The smallest absolute Gasteiger partial charge is 0.407 e. The van der Waals surface area contributed by atoms with E-state index >= 15 is 0 Å². The van der Waals surface area contributed by atoms with Crippen LogP contribution in [0.1, 0.15) is 86.1 Å². The maximum Gasteiger partial charge on any atom is 0.407 e. The number of benzene rings is 1. The number of methoxy groups -OCH3 is 1. The van der Waals surface area contributed by atoms with E-state index in [2.05, 4.69) is 38.5 Å². The first-order valence-electron chi connectivity index (χ1n) is 16.8. The number of carbonyl (C=O) groups excluding carboxylic acids is 2. The number of carbonyl (C=O) groups is 2. The summed E-state index contributed by atoms with van der Waals surface area (Å²) in [4.78, 5) is 48.6. The van der Waals surface area contributed by atoms with Crippen LogP contribution < -0.4 is 25.8 Å². The molecule has 0 spiro atoms. The van der Waals surface area contributed by atoms with E-state index in [4.69, 9.17) is 14.2 Å². The van der Waals surface area contributed by atoms with Crippen LogP contribution in [-0.4, -0.2) is 66.5 Å². The van der Waals surface area contributed by atoms with Gasteiger partial charge in [0.2, 0.25) is 5.88 Å². The van der Waals surface area contributed by atoms with Gasteiger partial charge in [-0.2, -0.15) is 0 Å². The van der Waals surface area contributed by atoms with Crippen molar-refractivity contribution in [2.75, 3.05) is 31.8 Å². The summed E-state index contributed by atoms with van der Waals surface area (Å²) in [6.45, 7) is 15.1. The van der Waals surface area contributed by atoms with Gasteiger partial charge in [-0.15, -0.1) is 0 Å². The number of hydrogen-bond donors (Lipinski definition) is 3. The number of alkyl carbamates (subject to hydrolysis) is 1. The first-order chi connectivity index (χ1) is 22.8. The fraction of sp³-hybridized carbons (Fsp3) is 0.514. The molecule has 1 saturated carbocycles. The number of anilines is 1. The fourth-order valence-electron chi connectivity index (χ4n) is 6.26. The van der Waals surface area contributed by atoms with Crippen LogP contribution in [0.15, 0.2) is 41.3 Å². The highest BCUT2D eigenvalue weighted by Gasteiger charge is 2.29. The Labute approximate surface area is 283 Å². The van der Waals surface area contributed by atoms with Crippen LogP contribution in [-0.2, 0) is 16.0 Å². The zero-order valence-corrected chi connectivity index (χ0v) is 29.6. The van der Waals surface area contributed by atoms with Gasteiger partial charge in [0.15, 0.2) is 0 Å². The Balaban J connectivity index is 1.62. The molecule has 260 valence electrons. The molecule has 11 heteroatoms. The molecule has 1 aromatic carbocycles. The van der Waals surface area contributed by atoms with Gasteiger partial charge in [-0.05, 0) is 115 Å². The highest BCUT2D eigenvalue weighted by atomic mass is 16.6. The number of pyridine rings is 2. The number of aromatic amines is 1. The second-order valence-corrected chi connectivity index (χ2v) is 13.5.